The first-order valence-corrected chi connectivity index (χ1v) is 7.24. The van der Waals surface area contributed by atoms with Gasteiger partial charge in [0.25, 0.3) is 5.69 Å². The van der Waals surface area contributed by atoms with Crippen LogP contribution < -0.4 is 5.32 Å². The fourth-order valence-electron chi connectivity index (χ4n) is 3.02. The summed E-state index contributed by atoms with van der Waals surface area (Å²) in [5.74, 6) is 0.00616. The van der Waals surface area contributed by atoms with Crippen LogP contribution in [0, 0.1) is 28.8 Å². The van der Waals surface area contributed by atoms with Gasteiger partial charge < -0.3 is 5.32 Å². The average molecular weight is 280 g/mol. The summed E-state index contributed by atoms with van der Waals surface area (Å²) >= 11 is 0. The number of hydrogen-bond donors (Lipinski definition) is 1. The third-order valence-corrected chi connectivity index (χ3v) is 4.25. The first kappa shape index (κ1) is 14.8. The van der Waals surface area contributed by atoms with E-state index in [-0.39, 0.29) is 11.7 Å². The monoisotopic (exact) mass is 280 g/mol. The van der Waals surface area contributed by atoms with Crippen LogP contribution in [0.25, 0.3) is 0 Å². The molecule has 1 aromatic carbocycles. The maximum Gasteiger partial charge on any atom is 0.295 e. The third-order valence-electron chi connectivity index (χ3n) is 4.25. The van der Waals surface area contributed by atoms with E-state index in [0.717, 1.165) is 31.7 Å². The number of rotatable bonds is 4. The lowest BCUT2D eigenvalue weighted by molar-refractivity contribution is -0.384. The quantitative estimate of drug-likeness (QED) is 0.656. The van der Waals surface area contributed by atoms with E-state index >= 15 is 0 Å². The highest BCUT2D eigenvalue weighted by atomic mass is 19.1. The predicted molar refractivity (Wildman–Crippen MR) is 77.5 cm³/mol. The Kier molecular flexibility index (Phi) is 4.57. The van der Waals surface area contributed by atoms with Gasteiger partial charge in [-0.15, -0.1) is 0 Å². The van der Waals surface area contributed by atoms with Gasteiger partial charge in [0.15, 0.2) is 0 Å². The molecule has 1 fully saturated rings. The SMILES string of the molecule is CCC1CCCCC1Nc1cc(C)c(F)cc1[N+](=O)[O-]. The van der Waals surface area contributed by atoms with Crippen LogP contribution in [0.5, 0.6) is 0 Å². The second-order valence-electron chi connectivity index (χ2n) is 5.58. The van der Waals surface area contributed by atoms with Crippen molar-refractivity contribution in [1.29, 1.82) is 0 Å². The fraction of sp³-hybridized carbons (Fsp3) is 0.600. The van der Waals surface area contributed by atoms with Crippen molar-refractivity contribution in [1.82, 2.24) is 0 Å². The summed E-state index contributed by atoms with van der Waals surface area (Å²) in [4.78, 5) is 10.6. The number of benzene rings is 1. The van der Waals surface area contributed by atoms with E-state index in [2.05, 4.69) is 12.2 Å². The van der Waals surface area contributed by atoms with E-state index in [4.69, 9.17) is 0 Å². The van der Waals surface area contributed by atoms with Crippen LogP contribution in [0.1, 0.15) is 44.6 Å². The minimum Gasteiger partial charge on any atom is -0.376 e. The van der Waals surface area contributed by atoms with E-state index in [1.165, 1.54) is 6.42 Å². The lowest BCUT2D eigenvalue weighted by Gasteiger charge is -2.32. The molecule has 2 unspecified atom stereocenters. The Morgan fingerprint density at radius 2 is 2.10 bits per heavy atom. The summed E-state index contributed by atoms with van der Waals surface area (Å²) in [7, 11) is 0. The summed E-state index contributed by atoms with van der Waals surface area (Å²) in [6, 6.07) is 2.81. The van der Waals surface area contributed by atoms with Crippen LogP contribution in [0.2, 0.25) is 0 Å². The molecule has 2 rings (SSSR count). The van der Waals surface area contributed by atoms with Gasteiger partial charge in [0.05, 0.1) is 11.0 Å². The van der Waals surface area contributed by atoms with Gasteiger partial charge in [-0.2, -0.15) is 0 Å². The zero-order chi connectivity index (χ0) is 14.7. The van der Waals surface area contributed by atoms with E-state index in [1.54, 1.807) is 13.0 Å². The van der Waals surface area contributed by atoms with Crippen molar-refractivity contribution in [3.63, 3.8) is 0 Å². The number of aryl methyl sites for hydroxylation is 1. The molecule has 0 saturated heterocycles. The highest BCUT2D eigenvalue weighted by molar-refractivity contribution is 5.63. The van der Waals surface area contributed by atoms with E-state index in [0.29, 0.717) is 17.2 Å². The van der Waals surface area contributed by atoms with Gasteiger partial charge in [0.1, 0.15) is 11.5 Å². The Morgan fingerprint density at radius 1 is 1.40 bits per heavy atom. The molecule has 0 aliphatic heterocycles. The smallest absolute Gasteiger partial charge is 0.295 e. The molecule has 110 valence electrons. The molecule has 2 atom stereocenters. The summed E-state index contributed by atoms with van der Waals surface area (Å²) < 4.78 is 13.5. The van der Waals surface area contributed by atoms with Crippen molar-refractivity contribution in [2.75, 3.05) is 5.32 Å². The zero-order valence-corrected chi connectivity index (χ0v) is 12.0. The van der Waals surface area contributed by atoms with Crippen LogP contribution in [-0.2, 0) is 0 Å². The molecule has 0 amide bonds. The molecule has 0 spiro atoms. The number of anilines is 1. The molecule has 1 aliphatic rings. The maximum atomic E-state index is 13.5. The molecule has 1 saturated carbocycles. The molecule has 0 aromatic heterocycles. The summed E-state index contributed by atoms with van der Waals surface area (Å²) in [5.41, 5.74) is 0.703. The van der Waals surface area contributed by atoms with Crippen molar-refractivity contribution < 1.29 is 9.31 Å². The number of hydrogen-bond acceptors (Lipinski definition) is 3. The van der Waals surface area contributed by atoms with Gasteiger partial charge in [-0.05, 0) is 37.3 Å². The molecule has 1 aromatic rings. The number of nitro groups is 1. The van der Waals surface area contributed by atoms with Gasteiger partial charge in [-0.25, -0.2) is 4.39 Å². The molecule has 4 nitrogen and oxygen atoms in total. The minimum atomic E-state index is -0.530. The topological polar surface area (TPSA) is 55.2 Å². The highest BCUT2D eigenvalue weighted by Gasteiger charge is 2.26. The predicted octanol–water partition coefficient (Wildman–Crippen LogP) is 4.42. The first-order chi connectivity index (χ1) is 9.52. The van der Waals surface area contributed by atoms with Crippen LogP contribution in [0.15, 0.2) is 12.1 Å². The Labute approximate surface area is 118 Å². The van der Waals surface area contributed by atoms with Crippen LogP contribution >= 0.6 is 0 Å². The van der Waals surface area contributed by atoms with Crippen molar-refractivity contribution in [3.8, 4) is 0 Å². The number of nitrogens with one attached hydrogen (secondary N) is 1. The molecule has 20 heavy (non-hydrogen) atoms. The average Bonchev–Trinajstić information content (AvgIpc) is 2.43. The second-order valence-corrected chi connectivity index (χ2v) is 5.58. The molecule has 1 N–H and O–H groups in total. The highest BCUT2D eigenvalue weighted by Crippen LogP contribution is 2.33. The molecule has 1 aliphatic carbocycles. The summed E-state index contributed by atoms with van der Waals surface area (Å²) in [6.07, 6.45) is 5.60. The van der Waals surface area contributed by atoms with Gasteiger partial charge in [-0.3, -0.25) is 10.1 Å². The fourth-order valence-corrected chi connectivity index (χ4v) is 3.02. The first-order valence-electron chi connectivity index (χ1n) is 7.24. The van der Waals surface area contributed by atoms with Crippen LogP contribution in [-0.4, -0.2) is 11.0 Å². The normalized spacial score (nSPS) is 22.6. The Bertz CT molecular complexity index is 505. The van der Waals surface area contributed by atoms with Gasteiger partial charge in [0, 0.05) is 6.04 Å². The van der Waals surface area contributed by atoms with Crippen molar-refractivity contribution >= 4 is 11.4 Å². The Balaban J connectivity index is 2.27. The standard InChI is InChI=1S/C15H21FN2O2/c1-3-11-6-4-5-7-13(11)17-14-8-10(2)12(16)9-15(14)18(19)20/h8-9,11,13,17H,3-7H2,1-2H3. The van der Waals surface area contributed by atoms with Crippen LogP contribution in [0.3, 0.4) is 0 Å². The largest absolute Gasteiger partial charge is 0.376 e. The summed E-state index contributed by atoms with van der Waals surface area (Å²) in [5, 5.41) is 14.4. The molecule has 0 heterocycles. The van der Waals surface area contributed by atoms with E-state index in [1.807, 2.05) is 0 Å². The molecule has 5 heteroatoms. The number of nitro benzene ring substituents is 1. The molecule has 0 radical (unpaired) electrons. The lowest BCUT2D eigenvalue weighted by Crippen LogP contribution is -2.32. The zero-order valence-electron chi connectivity index (χ0n) is 12.0. The van der Waals surface area contributed by atoms with Gasteiger partial charge in [-0.1, -0.05) is 26.2 Å². The Hall–Kier alpha value is -1.65. The minimum absolute atomic E-state index is 0.173. The maximum absolute atomic E-state index is 13.5. The van der Waals surface area contributed by atoms with Crippen molar-refractivity contribution in [2.24, 2.45) is 5.92 Å². The molecule has 0 bridgehead atoms. The van der Waals surface area contributed by atoms with Crippen molar-refractivity contribution in [3.05, 3.63) is 33.6 Å². The third kappa shape index (κ3) is 3.08. The number of nitrogens with zero attached hydrogens (tertiary/aromatic N) is 1. The molecular formula is C15H21FN2O2. The Morgan fingerprint density at radius 3 is 2.75 bits per heavy atom. The van der Waals surface area contributed by atoms with Crippen LogP contribution in [0.4, 0.5) is 15.8 Å². The second kappa shape index (κ2) is 6.20. The van der Waals surface area contributed by atoms with Gasteiger partial charge in [0.2, 0.25) is 0 Å². The van der Waals surface area contributed by atoms with E-state index in [9.17, 15) is 14.5 Å². The van der Waals surface area contributed by atoms with Crippen molar-refractivity contribution in [2.45, 2.75) is 52.0 Å². The lowest BCUT2D eigenvalue weighted by atomic mass is 9.82. The molecular weight excluding hydrogens is 259 g/mol. The van der Waals surface area contributed by atoms with E-state index < -0.39 is 10.7 Å². The summed E-state index contributed by atoms with van der Waals surface area (Å²) in [6.45, 7) is 3.78. The van der Waals surface area contributed by atoms with Gasteiger partial charge >= 0.3 is 0 Å². The number of halogens is 1.